The lowest BCUT2D eigenvalue weighted by molar-refractivity contribution is -0.120. The van der Waals surface area contributed by atoms with Gasteiger partial charge in [0.15, 0.2) is 0 Å². The lowest BCUT2D eigenvalue weighted by atomic mass is 9.91. The van der Waals surface area contributed by atoms with Crippen molar-refractivity contribution < 1.29 is 23.5 Å². The molecular weight excluding hydrogens is 452 g/mol. The highest BCUT2D eigenvalue weighted by molar-refractivity contribution is 5.93. The molecule has 35 heavy (non-hydrogen) atoms. The first-order valence-corrected chi connectivity index (χ1v) is 12.1. The Labute approximate surface area is 205 Å². The van der Waals surface area contributed by atoms with Gasteiger partial charge >= 0.3 is 0 Å². The van der Waals surface area contributed by atoms with Crippen LogP contribution in [-0.2, 0) is 22.4 Å². The number of hydrogen-bond acceptors (Lipinski definition) is 4. The number of carbonyl (C=O) groups excluding carboxylic acids is 2. The van der Waals surface area contributed by atoms with Crippen molar-refractivity contribution in [3.05, 3.63) is 64.7 Å². The van der Waals surface area contributed by atoms with Crippen LogP contribution in [0.1, 0.15) is 56.8 Å². The summed E-state index contributed by atoms with van der Waals surface area (Å²) >= 11 is 0. The lowest BCUT2D eigenvalue weighted by Crippen LogP contribution is -2.49. The molecule has 3 N–H and O–H groups in total. The molecule has 2 aromatic rings. The Morgan fingerprint density at radius 3 is 2.34 bits per heavy atom. The molecule has 6 nitrogen and oxygen atoms in total. The van der Waals surface area contributed by atoms with Crippen molar-refractivity contribution in [1.29, 1.82) is 0 Å². The predicted octanol–water partition coefficient (Wildman–Crippen LogP) is 3.66. The predicted molar refractivity (Wildman–Crippen MR) is 132 cm³/mol. The molecule has 0 bridgehead atoms. The van der Waals surface area contributed by atoms with Crippen LogP contribution in [0.5, 0.6) is 0 Å². The second kappa shape index (κ2) is 11.7. The average Bonchev–Trinajstić information content (AvgIpc) is 2.75. The molecule has 8 heteroatoms. The van der Waals surface area contributed by atoms with Crippen molar-refractivity contribution >= 4 is 17.5 Å². The van der Waals surface area contributed by atoms with Gasteiger partial charge in [-0.05, 0) is 60.1 Å². The van der Waals surface area contributed by atoms with Crippen LogP contribution in [-0.4, -0.2) is 42.2 Å². The fraction of sp³-hybridized carbons (Fsp3) is 0.481. The Bertz CT molecular complexity index is 1040. The Balaban J connectivity index is 1.77. The maximum absolute atomic E-state index is 13.6. The maximum Gasteiger partial charge on any atom is 0.223 e. The van der Waals surface area contributed by atoms with E-state index in [9.17, 15) is 23.5 Å². The van der Waals surface area contributed by atoms with E-state index < -0.39 is 23.8 Å². The third-order valence-electron chi connectivity index (χ3n) is 6.23. The summed E-state index contributed by atoms with van der Waals surface area (Å²) in [6, 6.07) is 8.51. The lowest BCUT2D eigenvalue weighted by Gasteiger charge is -2.35. The van der Waals surface area contributed by atoms with E-state index in [-0.39, 0.29) is 30.8 Å². The second-order valence-corrected chi connectivity index (χ2v) is 9.77. The maximum atomic E-state index is 13.6. The number of halogens is 2. The monoisotopic (exact) mass is 487 g/mol. The van der Waals surface area contributed by atoms with Crippen molar-refractivity contribution in [2.24, 2.45) is 5.92 Å². The molecule has 1 aliphatic heterocycles. The smallest absolute Gasteiger partial charge is 0.223 e. The zero-order valence-electron chi connectivity index (χ0n) is 20.8. The van der Waals surface area contributed by atoms with Gasteiger partial charge in [-0.2, -0.15) is 0 Å². The quantitative estimate of drug-likeness (QED) is 0.504. The van der Waals surface area contributed by atoms with Crippen LogP contribution in [0.25, 0.3) is 0 Å². The normalized spacial score (nSPS) is 17.1. The molecule has 0 aliphatic carbocycles. The van der Waals surface area contributed by atoms with Crippen molar-refractivity contribution in [2.75, 3.05) is 18.0 Å². The number of anilines is 1. The highest BCUT2D eigenvalue weighted by Gasteiger charge is 2.29. The Morgan fingerprint density at radius 2 is 1.74 bits per heavy atom. The topological polar surface area (TPSA) is 81.7 Å². The van der Waals surface area contributed by atoms with Crippen LogP contribution in [0.15, 0.2) is 36.4 Å². The van der Waals surface area contributed by atoms with Gasteiger partial charge in [-0.3, -0.25) is 9.59 Å². The van der Waals surface area contributed by atoms with Crippen molar-refractivity contribution in [3.63, 3.8) is 0 Å². The average molecular weight is 488 g/mol. The fourth-order valence-electron chi connectivity index (χ4n) is 4.73. The summed E-state index contributed by atoms with van der Waals surface area (Å²) in [5.41, 5.74) is 3.39. The van der Waals surface area contributed by atoms with E-state index in [1.807, 2.05) is 6.07 Å². The van der Waals surface area contributed by atoms with Gasteiger partial charge in [-0.25, -0.2) is 8.78 Å². The zero-order chi connectivity index (χ0) is 25.7. The van der Waals surface area contributed by atoms with Crippen LogP contribution in [0.3, 0.4) is 0 Å². The highest BCUT2D eigenvalue weighted by Crippen LogP contribution is 2.35. The Kier molecular flexibility index (Phi) is 8.97. The minimum absolute atomic E-state index is 0.0191. The second-order valence-electron chi connectivity index (χ2n) is 9.77. The third-order valence-corrected chi connectivity index (χ3v) is 6.23. The number of nitrogens with zero attached hydrogens (tertiary/aromatic N) is 1. The molecule has 190 valence electrons. The van der Waals surface area contributed by atoms with Gasteiger partial charge in [0.25, 0.3) is 0 Å². The summed E-state index contributed by atoms with van der Waals surface area (Å²) in [6.07, 6.45) is 0.662. The molecule has 0 fully saturated rings. The number of nitrogens with one attached hydrogen (secondary N) is 2. The number of amides is 2. The largest absolute Gasteiger partial charge is 0.390 e. The number of aliphatic hydroxyl groups is 1. The summed E-state index contributed by atoms with van der Waals surface area (Å²) in [5, 5.41) is 17.0. The van der Waals surface area contributed by atoms with E-state index >= 15 is 0 Å². The molecule has 0 aromatic heterocycles. The summed E-state index contributed by atoms with van der Waals surface area (Å²) < 4.78 is 27.3. The Morgan fingerprint density at radius 1 is 1.06 bits per heavy atom. The minimum Gasteiger partial charge on any atom is -0.390 e. The molecule has 3 atom stereocenters. The number of carbonyl (C=O) groups is 2. The van der Waals surface area contributed by atoms with Gasteiger partial charge in [0, 0.05) is 44.7 Å². The highest BCUT2D eigenvalue weighted by atomic mass is 19.1. The van der Waals surface area contributed by atoms with Gasteiger partial charge in [-0.15, -0.1) is 0 Å². The number of fused-ring (bicyclic) bond motifs is 1. The van der Waals surface area contributed by atoms with Crippen LogP contribution in [0, 0.1) is 17.6 Å². The molecule has 0 saturated heterocycles. The van der Waals surface area contributed by atoms with Crippen LogP contribution < -0.4 is 15.5 Å². The van der Waals surface area contributed by atoms with Gasteiger partial charge < -0.3 is 20.6 Å². The van der Waals surface area contributed by atoms with E-state index in [4.69, 9.17) is 0 Å². The van der Waals surface area contributed by atoms with Crippen molar-refractivity contribution in [2.45, 2.75) is 65.1 Å². The molecule has 3 rings (SSSR count). The number of benzene rings is 2. The molecule has 0 spiro atoms. The van der Waals surface area contributed by atoms with E-state index in [0.717, 1.165) is 23.7 Å². The number of hydrogen-bond donors (Lipinski definition) is 3. The number of aliphatic hydroxyl groups excluding tert-OH is 1. The van der Waals surface area contributed by atoms with E-state index in [0.29, 0.717) is 24.4 Å². The van der Waals surface area contributed by atoms with Crippen molar-refractivity contribution in [1.82, 2.24) is 10.6 Å². The fourth-order valence-corrected chi connectivity index (χ4v) is 4.73. The number of rotatable bonds is 9. The summed E-state index contributed by atoms with van der Waals surface area (Å²) in [7, 11) is 0. The zero-order valence-corrected chi connectivity index (χ0v) is 20.8. The molecule has 2 amide bonds. The molecular formula is C27H35F2N3O3. The van der Waals surface area contributed by atoms with Gasteiger partial charge in [-0.1, -0.05) is 26.0 Å². The minimum atomic E-state index is -1.00. The van der Waals surface area contributed by atoms with E-state index in [1.54, 1.807) is 11.8 Å². The molecule has 1 aliphatic rings. The van der Waals surface area contributed by atoms with Gasteiger partial charge in [0.2, 0.25) is 11.8 Å². The first kappa shape index (κ1) is 26.8. The van der Waals surface area contributed by atoms with Crippen molar-refractivity contribution in [3.8, 4) is 0 Å². The first-order valence-electron chi connectivity index (χ1n) is 12.1. The van der Waals surface area contributed by atoms with Gasteiger partial charge in [0.1, 0.15) is 11.6 Å². The van der Waals surface area contributed by atoms with E-state index in [1.165, 1.54) is 24.6 Å². The molecule has 0 radical (unpaired) electrons. The third kappa shape index (κ3) is 7.32. The van der Waals surface area contributed by atoms with E-state index in [2.05, 4.69) is 36.6 Å². The van der Waals surface area contributed by atoms with Gasteiger partial charge in [0.05, 0.1) is 12.1 Å². The molecule has 0 saturated carbocycles. The van der Waals surface area contributed by atoms with Crippen LogP contribution in [0.4, 0.5) is 14.5 Å². The molecule has 3 unspecified atom stereocenters. The SMILES string of the molecule is CC(=O)NC(Cc1cc(F)cc(F)c1)C(O)CNC1CCN(C(C)=O)c2ccc(CC(C)C)cc21. The molecule has 1 heterocycles. The summed E-state index contributed by atoms with van der Waals surface area (Å²) in [5.74, 6) is -1.29. The summed E-state index contributed by atoms with van der Waals surface area (Å²) in [4.78, 5) is 25.7. The summed E-state index contributed by atoms with van der Waals surface area (Å²) in [6.45, 7) is 7.90. The van der Waals surface area contributed by atoms with Crippen LogP contribution >= 0.6 is 0 Å². The Hall–Kier alpha value is -2.84. The molecule has 2 aromatic carbocycles. The van der Waals surface area contributed by atoms with Crippen LogP contribution in [0.2, 0.25) is 0 Å². The first-order chi connectivity index (χ1) is 16.5. The standard InChI is InChI=1S/C27H35F2N3O3/c1-16(2)9-19-5-6-26-23(12-19)24(7-8-32(26)18(4)34)30-15-27(35)25(31-17(3)33)13-20-10-21(28)14-22(29)11-20/h5-6,10-12,14,16,24-25,27,30,35H,7-9,13,15H2,1-4H3,(H,31,33).